The van der Waals surface area contributed by atoms with Crippen molar-refractivity contribution in [1.29, 1.82) is 0 Å². The predicted molar refractivity (Wildman–Crippen MR) is 81.7 cm³/mol. The number of thioether (sulfide) groups is 1. The lowest BCUT2D eigenvalue weighted by atomic mass is 10.3. The van der Waals surface area contributed by atoms with E-state index in [1.165, 1.54) is 19.1 Å². The highest BCUT2D eigenvalue weighted by molar-refractivity contribution is 8.00. The number of carbonyl (C=O) groups excluding carboxylic acids is 1. The van der Waals surface area contributed by atoms with Gasteiger partial charge in [-0.05, 0) is 43.3 Å². The molecule has 0 heterocycles. The maximum absolute atomic E-state index is 13.6. The molecule has 2 aromatic carbocycles. The molecule has 22 heavy (non-hydrogen) atoms. The fourth-order valence-electron chi connectivity index (χ4n) is 1.64. The average molecular weight is 346 g/mol. The molecular weight excluding hydrogens is 335 g/mol. The van der Waals surface area contributed by atoms with Gasteiger partial charge in [-0.3, -0.25) is 4.79 Å². The molecule has 7 heteroatoms. The summed E-state index contributed by atoms with van der Waals surface area (Å²) in [5.41, 5.74) is -0.0263. The predicted octanol–water partition coefficient (Wildman–Crippen LogP) is 4.88. The number of hydrogen-bond acceptors (Lipinski definition) is 2. The van der Waals surface area contributed by atoms with Crippen molar-refractivity contribution in [3.63, 3.8) is 0 Å². The second kappa shape index (κ2) is 7.07. The Kier molecular flexibility index (Phi) is 5.37. The Bertz CT molecular complexity index is 711. The highest BCUT2D eigenvalue weighted by atomic mass is 35.5. The van der Waals surface area contributed by atoms with Gasteiger partial charge in [0, 0.05) is 9.92 Å². The summed E-state index contributed by atoms with van der Waals surface area (Å²) in [7, 11) is 0. The van der Waals surface area contributed by atoms with E-state index in [0.29, 0.717) is 0 Å². The molecule has 0 saturated heterocycles. The summed E-state index contributed by atoms with van der Waals surface area (Å²) in [4.78, 5) is 12.0. The number of nitrogens with one attached hydrogen (secondary N) is 1. The van der Waals surface area contributed by atoms with Crippen LogP contribution in [-0.2, 0) is 4.79 Å². The molecule has 1 amide bonds. The third kappa shape index (κ3) is 4.18. The lowest BCUT2D eigenvalue weighted by Gasteiger charge is -2.13. The van der Waals surface area contributed by atoms with Crippen LogP contribution in [0.4, 0.5) is 18.9 Å². The first-order valence-corrected chi connectivity index (χ1v) is 7.50. The minimum Gasteiger partial charge on any atom is -0.323 e. The molecule has 0 saturated carbocycles. The molecule has 0 fully saturated rings. The highest BCUT2D eigenvalue weighted by Crippen LogP contribution is 2.28. The Morgan fingerprint density at radius 3 is 2.55 bits per heavy atom. The summed E-state index contributed by atoms with van der Waals surface area (Å²) >= 11 is 6.47. The molecule has 0 unspecified atom stereocenters. The number of carbonyl (C=O) groups is 1. The Morgan fingerprint density at radius 1 is 1.14 bits per heavy atom. The maximum atomic E-state index is 13.6. The molecule has 1 N–H and O–H groups in total. The van der Waals surface area contributed by atoms with E-state index >= 15 is 0 Å². The van der Waals surface area contributed by atoms with E-state index in [9.17, 15) is 18.0 Å². The van der Waals surface area contributed by atoms with Crippen LogP contribution in [0, 0.1) is 17.5 Å². The van der Waals surface area contributed by atoms with Crippen molar-refractivity contribution < 1.29 is 18.0 Å². The van der Waals surface area contributed by atoms with Gasteiger partial charge in [0.05, 0.1) is 10.9 Å². The van der Waals surface area contributed by atoms with E-state index in [0.717, 1.165) is 36.0 Å². The number of amides is 1. The Morgan fingerprint density at radius 2 is 1.86 bits per heavy atom. The van der Waals surface area contributed by atoms with Crippen LogP contribution in [0.3, 0.4) is 0 Å². The molecule has 116 valence electrons. The first kappa shape index (κ1) is 16.7. The van der Waals surface area contributed by atoms with Crippen LogP contribution in [0.2, 0.25) is 5.02 Å². The average Bonchev–Trinajstić information content (AvgIpc) is 2.45. The van der Waals surface area contributed by atoms with Gasteiger partial charge in [-0.2, -0.15) is 0 Å². The minimum atomic E-state index is -0.744. The van der Waals surface area contributed by atoms with Crippen molar-refractivity contribution in [3.05, 3.63) is 58.9 Å². The number of rotatable bonds is 4. The van der Waals surface area contributed by atoms with Gasteiger partial charge in [0.2, 0.25) is 5.91 Å². The molecule has 2 aromatic rings. The zero-order chi connectivity index (χ0) is 16.3. The molecular formula is C15H11ClF3NOS. The zero-order valence-electron chi connectivity index (χ0n) is 11.4. The van der Waals surface area contributed by atoms with Crippen molar-refractivity contribution in [1.82, 2.24) is 0 Å². The summed E-state index contributed by atoms with van der Waals surface area (Å²) in [5.74, 6) is -2.42. The standard InChI is InChI=1S/C15H11ClF3NOS/c1-8(22-14-7-10(17)3-4-11(14)18)15(21)20-13-5-2-9(16)6-12(13)19/h2-8H,1H3,(H,20,21)/t8-/m1/s1. The van der Waals surface area contributed by atoms with Gasteiger partial charge < -0.3 is 5.32 Å². The number of benzene rings is 2. The molecule has 0 aromatic heterocycles. The first-order valence-electron chi connectivity index (χ1n) is 6.24. The summed E-state index contributed by atoms with van der Waals surface area (Å²) in [6, 6.07) is 6.82. The molecule has 0 radical (unpaired) electrons. The Labute approximate surface area is 134 Å². The second-order valence-corrected chi connectivity index (χ2v) is 6.27. The minimum absolute atomic E-state index is 0.0132. The van der Waals surface area contributed by atoms with Gasteiger partial charge in [0.1, 0.15) is 17.5 Å². The van der Waals surface area contributed by atoms with Crippen molar-refractivity contribution in [3.8, 4) is 0 Å². The van der Waals surface area contributed by atoms with E-state index in [1.54, 1.807) is 0 Å². The molecule has 2 nitrogen and oxygen atoms in total. The normalized spacial score (nSPS) is 12.0. The van der Waals surface area contributed by atoms with E-state index in [2.05, 4.69) is 5.32 Å². The maximum Gasteiger partial charge on any atom is 0.237 e. The van der Waals surface area contributed by atoms with E-state index in [-0.39, 0.29) is 15.6 Å². The fraction of sp³-hybridized carbons (Fsp3) is 0.133. The summed E-state index contributed by atoms with van der Waals surface area (Å²) in [6.07, 6.45) is 0. The summed E-state index contributed by atoms with van der Waals surface area (Å²) < 4.78 is 40.2. The van der Waals surface area contributed by atoms with Crippen LogP contribution < -0.4 is 5.32 Å². The lowest BCUT2D eigenvalue weighted by Crippen LogP contribution is -2.23. The van der Waals surface area contributed by atoms with Crippen LogP contribution in [-0.4, -0.2) is 11.2 Å². The topological polar surface area (TPSA) is 29.1 Å². The molecule has 1 atom stereocenters. The molecule has 0 aliphatic carbocycles. The SMILES string of the molecule is C[C@@H](Sc1cc(F)ccc1F)C(=O)Nc1ccc(Cl)cc1F. The second-order valence-electron chi connectivity index (χ2n) is 4.45. The van der Waals surface area contributed by atoms with Gasteiger partial charge in [0.25, 0.3) is 0 Å². The molecule has 0 aliphatic rings. The van der Waals surface area contributed by atoms with Crippen LogP contribution in [0.25, 0.3) is 0 Å². The van der Waals surface area contributed by atoms with E-state index in [1.807, 2.05) is 0 Å². The first-order chi connectivity index (χ1) is 10.4. The summed E-state index contributed by atoms with van der Waals surface area (Å²) in [5, 5.41) is 1.85. The van der Waals surface area contributed by atoms with Gasteiger partial charge in [-0.15, -0.1) is 11.8 Å². The molecule has 2 rings (SSSR count). The van der Waals surface area contributed by atoms with Crippen molar-refractivity contribution >= 4 is 35.0 Å². The van der Waals surface area contributed by atoms with Crippen LogP contribution >= 0.6 is 23.4 Å². The fourth-order valence-corrected chi connectivity index (χ4v) is 2.70. The molecule has 0 aliphatic heterocycles. The van der Waals surface area contributed by atoms with Crippen molar-refractivity contribution in [2.24, 2.45) is 0 Å². The van der Waals surface area contributed by atoms with Crippen LogP contribution in [0.1, 0.15) is 6.92 Å². The molecule has 0 bridgehead atoms. The lowest BCUT2D eigenvalue weighted by molar-refractivity contribution is -0.115. The Hall–Kier alpha value is -1.66. The largest absolute Gasteiger partial charge is 0.323 e. The quantitative estimate of drug-likeness (QED) is 0.800. The van der Waals surface area contributed by atoms with Crippen molar-refractivity contribution in [2.45, 2.75) is 17.1 Å². The van der Waals surface area contributed by atoms with Gasteiger partial charge >= 0.3 is 0 Å². The zero-order valence-corrected chi connectivity index (χ0v) is 12.9. The van der Waals surface area contributed by atoms with E-state index in [4.69, 9.17) is 11.6 Å². The Balaban J connectivity index is 2.07. The monoisotopic (exact) mass is 345 g/mol. The van der Waals surface area contributed by atoms with E-state index < -0.39 is 28.6 Å². The highest BCUT2D eigenvalue weighted by Gasteiger charge is 2.18. The van der Waals surface area contributed by atoms with Crippen LogP contribution in [0.15, 0.2) is 41.3 Å². The van der Waals surface area contributed by atoms with Crippen LogP contribution in [0.5, 0.6) is 0 Å². The van der Waals surface area contributed by atoms with Gasteiger partial charge in [-0.25, -0.2) is 13.2 Å². The third-order valence-electron chi connectivity index (χ3n) is 2.76. The smallest absolute Gasteiger partial charge is 0.237 e. The van der Waals surface area contributed by atoms with Gasteiger partial charge in [0.15, 0.2) is 0 Å². The third-order valence-corrected chi connectivity index (χ3v) is 4.12. The van der Waals surface area contributed by atoms with Gasteiger partial charge in [-0.1, -0.05) is 11.6 Å². The number of anilines is 1. The number of halogens is 4. The number of hydrogen-bond donors (Lipinski definition) is 1. The molecule has 0 spiro atoms. The van der Waals surface area contributed by atoms with Crippen molar-refractivity contribution in [2.75, 3.05) is 5.32 Å². The summed E-state index contributed by atoms with van der Waals surface area (Å²) in [6.45, 7) is 1.51.